The van der Waals surface area contributed by atoms with Gasteiger partial charge in [0.05, 0.1) is 6.10 Å². The third-order valence-electron chi connectivity index (χ3n) is 7.88. The van der Waals surface area contributed by atoms with Gasteiger partial charge in [-0.05, 0) is 105 Å². The highest BCUT2D eigenvalue weighted by Crippen LogP contribution is 2.53. The Kier molecular flexibility index (Phi) is 4.94. The van der Waals surface area contributed by atoms with Crippen LogP contribution in [0.5, 0.6) is 0 Å². The predicted octanol–water partition coefficient (Wildman–Crippen LogP) is 5.39. The van der Waals surface area contributed by atoms with E-state index in [1.54, 1.807) is 0 Å². The van der Waals surface area contributed by atoms with Crippen LogP contribution in [0.25, 0.3) is 6.08 Å². The molecular weight excluding hydrogens is 320 g/mol. The van der Waals surface area contributed by atoms with Crippen LogP contribution in [0.2, 0.25) is 0 Å². The van der Waals surface area contributed by atoms with Gasteiger partial charge in [-0.2, -0.15) is 0 Å². The van der Waals surface area contributed by atoms with Crippen molar-refractivity contribution in [3.63, 3.8) is 0 Å². The molecular formula is C24H34O2. The average molecular weight is 355 g/mol. The SMILES string of the molecule is Cc1c(C)c(C)c(/C=C2/C[C@@]3(C)C(CCC[C@@H]3O)C(C)C2=O)c(C)c1C. The van der Waals surface area contributed by atoms with Crippen molar-refractivity contribution in [2.75, 3.05) is 0 Å². The van der Waals surface area contributed by atoms with Gasteiger partial charge in [-0.15, -0.1) is 0 Å². The number of aliphatic hydroxyl groups excluding tert-OH is 1. The molecule has 2 nitrogen and oxygen atoms in total. The Bertz CT molecular complexity index is 757. The van der Waals surface area contributed by atoms with E-state index >= 15 is 0 Å². The lowest BCUT2D eigenvalue weighted by atomic mass is 9.54. The minimum Gasteiger partial charge on any atom is -0.393 e. The summed E-state index contributed by atoms with van der Waals surface area (Å²) in [4.78, 5) is 13.1. The molecule has 0 spiro atoms. The molecule has 0 bridgehead atoms. The topological polar surface area (TPSA) is 37.3 Å². The number of aliphatic hydroxyl groups is 1. The molecule has 2 saturated carbocycles. The zero-order valence-electron chi connectivity index (χ0n) is 17.5. The van der Waals surface area contributed by atoms with Gasteiger partial charge in [0.25, 0.3) is 0 Å². The van der Waals surface area contributed by atoms with E-state index in [0.29, 0.717) is 12.3 Å². The molecule has 4 atom stereocenters. The summed E-state index contributed by atoms with van der Waals surface area (Å²) in [5.41, 5.74) is 8.47. The van der Waals surface area contributed by atoms with E-state index in [9.17, 15) is 9.90 Å². The van der Waals surface area contributed by atoms with E-state index < -0.39 is 0 Å². The maximum absolute atomic E-state index is 13.1. The van der Waals surface area contributed by atoms with Crippen LogP contribution in [0.3, 0.4) is 0 Å². The van der Waals surface area contributed by atoms with Gasteiger partial charge in [0.2, 0.25) is 0 Å². The number of hydrogen-bond donors (Lipinski definition) is 1. The van der Waals surface area contributed by atoms with Gasteiger partial charge < -0.3 is 5.11 Å². The van der Waals surface area contributed by atoms with Gasteiger partial charge in [0.15, 0.2) is 5.78 Å². The summed E-state index contributed by atoms with van der Waals surface area (Å²) in [5.74, 6) is 0.596. The van der Waals surface area contributed by atoms with Crippen LogP contribution in [-0.2, 0) is 4.79 Å². The number of benzene rings is 1. The van der Waals surface area contributed by atoms with E-state index in [1.807, 2.05) is 0 Å². The first kappa shape index (κ1) is 19.4. The van der Waals surface area contributed by atoms with Crippen LogP contribution < -0.4 is 0 Å². The van der Waals surface area contributed by atoms with Crippen molar-refractivity contribution in [3.8, 4) is 0 Å². The number of Topliss-reactive ketones (excluding diaryl/α,β-unsaturated/α-hetero) is 1. The standard InChI is InChI=1S/C24H34O2/c1-13-14(2)16(4)20(17(5)15(13)3)11-19-12-24(7)21(18(6)23(19)26)9-8-10-22(24)25/h11,18,21-22,25H,8-10,12H2,1-7H3/b19-11-/t18?,21?,22-,24-/m0/s1. The normalized spacial score (nSPS) is 33.5. The molecule has 2 fully saturated rings. The molecule has 0 heterocycles. The Morgan fingerprint density at radius 2 is 1.50 bits per heavy atom. The molecule has 1 aromatic rings. The third-order valence-corrected chi connectivity index (χ3v) is 7.88. The molecule has 2 heteroatoms. The second kappa shape index (κ2) is 6.64. The van der Waals surface area contributed by atoms with Gasteiger partial charge in [-0.1, -0.05) is 20.3 Å². The van der Waals surface area contributed by atoms with Gasteiger partial charge in [0, 0.05) is 11.3 Å². The molecule has 142 valence electrons. The van der Waals surface area contributed by atoms with Crippen LogP contribution in [0.4, 0.5) is 0 Å². The molecule has 0 aliphatic heterocycles. The van der Waals surface area contributed by atoms with E-state index in [0.717, 1.165) is 24.8 Å². The van der Waals surface area contributed by atoms with Gasteiger partial charge in [-0.3, -0.25) is 4.79 Å². The fourth-order valence-electron chi connectivity index (χ4n) is 5.52. The number of carbonyl (C=O) groups is 1. The molecule has 0 amide bonds. The molecule has 2 unspecified atom stereocenters. The van der Waals surface area contributed by atoms with E-state index in [4.69, 9.17) is 0 Å². The number of rotatable bonds is 1. The lowest BCUT2D eigenvalue weighted by molar-refractivity contribution is -0.133. The van der Waals surface area contributed by atoms with Gasteiger partial charge >= 0.3 is 0 Å². The summed E-state index contributed by atoms with van der Waals surface area (Å²) in [6, 6.07) is 0. The fraction of sp³-hybridized carbons (Fsp3) is 0.625. The summed E-state index contributed by atoms with van der Waals surface area (Å²) in [6.45, 7) is 15.1. The number of carbonyl (C=O) groups excluding carboxylic acids is 1. The summed E-state index contributed by atoms with van der Waals surface area (Å²) in [6.07, 6.45) is 5.51. The summed E-state index contributed by atoms with van der Waals surface area (Å²) in [7, 11) is 0. The summed E-state index contributed by atoms with van der Waals surface area (Å²) < 4.78 is 0. The summed E-state index contributed by atoms with van der Waals surface area (Å²) in [5, 5.41) is 10.7. The molecule has 26 heavy (non-hydrogen) atoms. The Hall–Kier alpha value is -1.41. The lowest BCUT2D eigenvalue weighted by Gasteiger charge is -2.51. The third kappa shape index (κ3) is 2.78. The number of allylic oxidation sites excluding steroid dienone is 1. The van der Waals surface area contributed by atoms with E-state index in [2.05, 4.69) is 54.5 Å². The monoisotopic (exact) mass is 354 g/mol. The Morgan fingerprint density at radius 1 is 0.962 bits per heavy atom. The smallest absolute Gasteiger partial charge is 0.161 e. The first-order chi connectivity index (χ1) is 12.1. The highest BCUT2D eigenvalue weighted by atomic mass is 16.3. The van der Waals surface area contributed by atoms with Crippen LogP contribution in [0.1, 0.15) is 72.9 Å². The molecule has 0 aromatic heterocycles. The molecule has 2 aliphatic rings. The molecule has 2 aliphatic carbocycles. The van der Waals surface area contributed by atoms with Crippen molar-refractivity contribution in [1.29, 1.82) is 0 Å². The molecule has 0 radical (unpaired) electrons. The van der Waals surface area contributed by atoms with Crippen molar-refractivity contribution >= 4 is 11.9 Å². The Balaban J connectivity index is 2.11. The minimum atomic E-state index is -0.302. The largest absolute Gasteiger partial charge is 0.393 e. The number of ketones is 1. The first-order valence-corrected chi connectivity index (χ1v) is 10.1. The van der Waals surface area contributed by atoms with Crippen molar-refractivity contribution in [2.24, 2.45) is 17.3 Å². The molecule has 3 rings (SSSR count). The Labute approximate surface area is 158 Å². The maximum Gasteiger partial charge on any atom is 0.161 e. The maximum atomic E-state index is 13.1. The average Bonchev–Trinajstić information content (AvgIpc) is 2.61. The highest BCUT2D eigenvalue weighted by molar-refractivity contribution is 6.02. The van der Waals surface area contributed by atoms with Gasteiger partial charge in [-0.25, -0.2) is 0 Å². The first-order valence-electron chi connectivity index (χ1n) is 10.1. The molecule has 1 aromatic carbocycles. The lowest BCUT2D eigenvalue weighted by Crippen LogP contribution is -2.51. The van der Waals surface area contributed by atoms with Crippen molar-refractivity contribution < 1.29 is 9.90 Å². The van der Waals surface area contributed by atoms with Crippen LogP contribution >= 0.6 is 0 Å². The Morgan fingerprint density at radius 3 is 2.08 bits per heavy atom. The molecule has 1 N–H and O–H groups in total. The van der Waals surface area contributed by atoms with Crippen molar-refractivity contribution in [1.82, 2.24) is 0 Å². The summed E-state index contributed by atoms with van der Waals surface area (Å²) >= 11 is 0. The second-order valence-electron chi connectivity index (χ2n) is 9.10. The molecule has 0 saturated heterocycles. The fourth-order valence-corrected chi connectivity index (χ4v) is 5.52. The second-order valence-corrected chi connectivity index (χ2v) is 9.10. The van der Waals surface area contributed by atoms with E-state index in [-0.39, 0.29) is 23.2 Å². The predicted molar refractivity (Wildman–Crippen MR) is 108 cm³/mol. The van der Waals surface area contributed by atoms with Crippen LogP contribution in [0, 0.1) is 51.9 Å². The van der Waals surface area contributed by atoms with E-state index in [1.165, 1.54) is 33.4 Å². The number of hydrogen-bond acceptors (Lipinski definition) is 2. The van der Waals surface area contributed by atoms with Crippen molar-refractivity contribution in [3.05, 3.63) is 39.0 Å². The quantitative estimate of drug-likeness (QED) is 0.687. The zero-order valence-corrected chi connectivity index (χ0v) is 17.5. The van der Waals surface area contributed by atoms with Crippen LogP contribution in [0.15, 0.2) is 5.57 Å². The van der Waals surface area contributed by atoms with Crippen molar-refractivity contribution in [2.45, 2.75) is 80.3 Å². The number of fused-ring (bicyclic) bond motifs is 1. The van der Waals surface area contributed by atoms with Gasteiger partial charge in [0.1, 0.15) is 0 Å². The zero-order chi connectivity index (χ0) is 19.4. The minimum absolute atomic E-state index is 0.00297. The highest BCUT2D eigenvalue weighted by Gasteiger charge is 2.51. The van der Waals surface area contributed by atoms with Crippen LogP contribution in [-0.4, -0.2) is 17.0 Å².